The second-order valence-corrected chi connectivity index (χ2v) is 5.90. The SMILES string of the molecule is CNC(Cc1cc(Br)ccc1OC)c1cccc(C)c1F. The summed E-state index contributed by atoms with van der Waals surface area (Å²) < 4.78 is 20.7. The van der Waals surface area contributed by atoms with Gasteiger partial charge in [0.2, 0.25) is 0 Å². The molecule has 4 heteroatoms. The maximum absolute atomic E-state index is 14.3. The Hall–Kier alpha value is -1.39. The maximum atomic E-state index is 14.3. The molecule has 2 aromatic carbocycles. The normalized spacial score (nSPS) is 12.2. The first kappa shape index (κ1) is 16.0. The minimum atomic E-state index is -0.147. The smallest absolute Gasteiger partial charge is 0.130 e. The fourth-order valence-corrected chi connectivity index (χ4v) is 2.84. The third-order valence-electron chi connectivity index (χ3n) is 3.61. The summed E-state index contributed by atoms with van der Waals surface area (Å²) in [4.78, 5) is 0. The molecule has 0 aliphatic carbocycles. The Kier molecular flexibility index (Phi) is 5.37. The van der Waals surface area contributed by atoms with E-state index in [1.807, 2.05) is 37.4 Å². The molecule has 2 nitrogen and oxygen atoms in total. The Labute approximate surface area is 133 Å². The number of hydrogen-bond donors (Lipinski definition) is 1. The van der Waals surface area contributed by atoms with Gasteiger partial charge in [0, 0.05) is 16.1 Å². The van der Waals surface area contributed by atoms with E-state index in [9.17, 15) is 4.39 Å². The van der Waals surface area contributed by atoms with Crippen molar-refractivity contribution in [3.05, 3.63) is 63.4 Å². The molecule has 1 atom stereocenters. The first-order valence-corrected chi connectivity index (χ1v) is 7.60. The first-order chi connectivity index (χ1) is 10.1. The number of ether oxygens (including phenoxy) is 1. The monoisotopic (exact) mass is 351 g/mol. The highest BCUT2D eigenvalue weighted by Gasteiger charge is 2.17. The predicted octanol–water partition coefficient (Wildman–Crippen LogP) is 4.41. The molecule has 0 bridgehead atoms. The van der Waals surface area contributed by atoms with Gasteiger partial charge in [0.1, 0.15) is 11.6 Å². The van der Waals surface area contributed by atoms with Gasteiger partial charge in [-0.15, -0.1) is 0 Å². The van der Waals surface area contributed by atoms with E-state index in [0.29, 0.717) is 17.5 Å². The van der Waals surface area contributed by atoms with Gasteiger partial charge in [0.25, 0.3) is 0 Å². The summed E-state index contributed by atoms with van der Waals surface area (Å²) in [5.74, 6) is 0.664. The fraction of sp³-hybridized carbons (Fsp3) is 0.294. The summed E-state index contributed by atoms with van der Waals surface area (Å²) >= 11 is 3.47. The van der Waals surface area contributed by atoms with Crippen LogP contribution in [0, 0.1) is 12.7 Å². The van der Waals surface area contributed by atoms with Gasteiger partial charge in [-0.2, -0.15) is 0 Å². The summed E-state index contributed by atoms with van der Waals surface area (Å²) in [7, 11) is 3.49. The fourth-order valence-electron chi connectivity index (χ4n) is 2.43. The number of likely N-dealkylation sites (N-methyl/N-ethyl adjacent to an activating group) is 1. The van der Waals surface area contributed by atoms with Crippen molar-refractivity contribution in [1.82, 2.24) is 5.32 Å². The topological polar surface area (TPSA) is 21.3 Å². The molecule has 0 spiro atoms. The molecule has 0 amide bonds. The largest absolute Gasteiger partial charge is 0.496 e. The van der Waals surface area contributed by atoms with Crippen molar-refractivity contribution in [3.8, 4) is 5.75 Å². The van der Waals surface area contributed by atoms with Crippen molar-refractivity contribution in [2.45, 2.75) is 19.4 Å². The van der Waals surface area contributed by atoms with Gasteiger partial charge in [-0.1, -0.05) is 34.1 Å². The maximum Gasteiger partial charge on any atom is 0.130 e. The van der Waals surface area contributed by atoms with E-state index in [-0.39, 0.29) is 11.9 Å². The molecule has 0 heterocycles. The molecule has 1 N–H and O–H groups in total. The predicted molar refractivity (Wildman–Crippen MR) is 87.3 cm³/mol. The van der Waals surface area contributed by atoms with Crippen molar-refractivity contribution in [2.24, 2.45) is 0 Å². The van der Waals surface area contributed by atoms with Crippen molar-refractivity contribution < 1.29 is 9.13 Å². The average Bonchev–Trinajstić information content (AvgIpc) is 2.48. The van der Waals surface area contributed by atoms with Crippen LogP contribution in [0.1, 0.15) is 22.7 Å². The number of aryl methyl sites for hydroxylation is 1. The third-order valence-corrected chi connectivity index (χ3v) is 4.11. The highest BCUT2D eigenvalue weighted by atomic mass is 79.9. The second kappa shape index (κ2) is 7.05. The van der Waals surface area contributed by atoms with E-state index in [1.165, 1.54) is 0 Å². The Morgan fingerprint density at radius 3 is 2.71 bits per heavy atom. The average molecular weight is 352 g/mol. The van der Waals surface area contributed by atoms with E-state index < -0.39 is 0 Å². The molecule has 0 saturated heterocycles. The van der Waals surface area contributed by atoms with Crippen LogP contribution >= 0.6 is 15.9 Å². The number of methoxy groups -OCH3 is 1. The Morgan fingerprint density at radius 2 is 2.05 bits per heavy atom. The molecule has 2 rings (SSSR count). The summed E-state index contributed by atoms with van der Waals surface area (Å²) in [6, 6.07) is 11.3. The molecule has 0 fully saturated rings. The van der Waals surface area contributed by atoms with Crippen LogP contribution < -0.4 is 10.1 Å². The van der Waals surface area contributed by atoms with Crippen molar-refractivity contribution in [3.63, 3.8) is 0 Å². The van der Waals surface area contributed by atoms with Gasteiger partial charge in [-0.05, 0) is 49.7 Å². The Bertz CT molecular complexity index is 630. The molecule has 0 aliphatic heterocycles. The minimum absolute atomic E-state index is 0.104. The van der Waals surface area contributed by atoms with Crippen molar-refractivity contribution in [2.75, 3.05) is 14.2 Å². The van der Waals surface area contributed by atoms with Crippen LogP contribution in [0.25, 0.3) is 0 Å². The second-order valence-electron chi connectivity index (χ2n) is 4.98. The molecular weight excluding hydrogens is 333 g/mol. The summed E-state index contributed by atoms with van der Waals surface area (Å²) in [6.07, 6.45) is 0.652. The van der Waals surface area contributed by atoms with Crippen molar-refractivity contribution >= 4 is 15.9 Å². The van der Waals surface area contributed by atoms with E-state index in [0.717, 1.165) is 15.8 Å². The van der Waals surface area contributed by atoms with Crippen LogP contribution in [0.4, 0.5) is 4.39 Å². The lowest BCUT2D eigenvalue weighted by Crippen LogP contribution is -2.20. The van der Waals surface area contributed by atoms with Crippen LogP contribution in [0.2, 0.25) is 0 Å². The molecule has 1 unspecified atom stereocenters. The quantitative estimate of drug-likeness (QED) is 0.861. The lowest BCUT2D eigenvalue weighted by Gasteiger charge is -2.20. The Balaban J connectivity index is 2.35. The standard InChI is InChI=1S/C17H19BrFNO/c1-11-5-4-6-14(17(11)19)15(20-2)10-12-9-13(18)7-8-16(12)21-3/h4-9,15,20H,10H2,1-3H3. The molecule has 2 aromatic rings. The number of halogens is 2. The zero-order valence-electron chi connectivity index (χ0n) is 12.4. The molecule has 0 aromatic heterocycles. The van der Waals surface area contributed by atoms with E-state index in [1.54, 1.807) is 20.1 Å². The van der Waals surface area contributed by atoms with Crippen LogP contribution in [0.15, 0.2) is 40.9 Å². The number of hydrogen-bond acceptors (Lipinski definition) is 2. The molecule has 112 valence electrons. The van der Waals surface area contributed by atoms with E-state index >= 15 is 0 Å². The van der Waals surface area contributed by atoms with Gasteiger partial charge < -0.3 is 10.1 Å². The summed E-state index contributed by atoms with van der Waals surface area (Å²) in [5.41, 5.74) is 2.38. The van der Waals surface area contributed by atoms with Gasteiger partial charge in [-0.3, -0.25) is 0 Å². The number of rotatable bonds is 5. The van der Waals surface area contributed by atoms with Crippen LogP contribution in [0.5, 0.6) is 5.75 Å². The summed E-state index contributed by atoms with van der Waals surface area (Å²) in [6.45, 7) is 1.78. The lowest BCUT2D eigenvalue weighted by atomic mass is 9.96. The zero-order chi connectivity index (χ0) is 15.4. The van der Waals surface area contributed by atoms with Crippen molar-refractivity contribution in [1.29, 1.82) is 0 Å². The first-order valence-electron chi connectivity index (χ1n) is 6.81. The Morgan fingerprint density at radius 1 is 1.29 bits per heavy atom. The highest BCUT2D eigenvalue weighted by molar-refractivity contribution is 9.10. The number of nitrogens with one attached hydrogen (secondary N) is 1. The molecule has 0 aliphatic rings. The molecule has 21 heavy (non-hydrogen) atoms. The van der Waals surface area contributed by atoms with Gasteiger partial charge >= 0.3 is 0 Å². The number of benzene rings is 2. The zero-order valence-corrected chi connectivity index (χ0v) is 14.0. The van der Waals surface area contributed by atoms with E-state index in [2.05, 4.69) is 21.2 Å². The van der Waals surface area contributed by atoms with Gasteiger partial charge in [-0.25, -0.2) is 4.39 Å². The molecule has 0 saturated carbocycles. The third kappa shape index (κ3) is 3.63. The highest BCUT2D eigenvalue weighted by Crippen LogP contribution is 2.29. The van der Waals surface area contributed by atoms with E-state index in [4.69, 9.17) is 4.74 Å². The van der Waals surface area contributed by atoms with Gasteiger partial charge in [0.15, 0.2) is 0 Å². The summed E-state index contributed by atoms with van der Waals surface area (Å²) in [5, 5.41) is 3.19. The van der Waals surface area contributed by atoms with Crippen LogP contribution in [-0.4, -0.2) is 14.2 Å². The molecule has 0 radical (unpaired) electrons. The van der Waals surface area contributed by atoms with Crippen LogP contribution in [0.3, 0.4) is 0 Å². The minimum Gasteiger partial charge on any atom is -0.496 e. The van der Waals surface area contributed by atoms with Gasteiger partial charge in [0.05, 0.1) is 7.11 Å². The van der Waals surface area contributed by atoms with Crippen LogP contribution in [-0.2, 0) is 6.42 Å². The molecular formula is C17H19BrFNO. The lowest BCUT2D eigenvalue weighted by molar-refractivity contribution is 0.405.